The Hall–Kier alpha value is -4.46. The van der Waals surface area contributed by atoms with Crippen LogP contribution in [-0.4, -0.2) is 75.9 Å². The number of fused-ring (bicyclic) bond motifs is 3. The normalized spacial score (nSPS) is 20.8. The number of thioether (sulfide) groups is 1. The lowest BCUT2D eigenvalue weighted by atomic mass is 10.0. The first-order valence-corrected chi connectivity index (χ1v) is 17.7. The van der Waals surface area contributed by atoms with Gasteiger partial charge in [0.05, 0.1) is 17.6 Å². The minimum absolute atomic E-state index is 0.0388. The molecule has 5 amide bonds. The highest BCUT2D eigenvalue weighted by Crippen LogP contribution is 2.33. The SMILES string of the molecule is O=C(CCCCC1SCC2NC(=O)NC21)NCCNC(=O)CCCC(=O)Nc1ccc2c(c1)CC(Nc1ncnc3ccc(F)cc13)C2. The van der Waals surface area contributed by atoms with E-state index < -0.39 is 0 Å². The second kappa shape index (κ2) is 15.6. The van der Waals surface area contributed by atoms with E-state index in [1.54, 1.807) is 6.07 Å². The minimum atomic E-state index is -0.340. The Morgan fingerprint density at radius 3 is 2.48 bits per heavy atom. The van der Waals surface area contributed by atoms with E-state index in [-0.39, 0.29) is 60.5 Å². The zero-order chi connectivity index (χ0) is 33.5. The lowest BCUT2D eigenvalue weighted by Crippen LogP contribution is -2.36. The highest BCUT2D eigenvalue weighted by atomic mass is 32.2. The molecule has 3 heterocycles. The quantitative estimate of drug-likeness (QED) is 0.105. The molecule has 2 aliphatic heterocycles. The molecular formula is C34H41FN8O4S. The lowest BCUT2D eigenvalue weighted by Gasteiger charge is -2.16. The zero-order valence-corrected chi connectivity index (χ0v) is 27.5. The van der Waals surface area contributed by atoms with Crippen LogP contribution >= 0.6 is 11.8 Å². The number of carbonyl (C=O) groups is 4. The fourth-order valence-electron chi connectivity index (χ4n) is 6.62. The number of halogens is 1. The molecule has 6 N–H and O–H groups in total. The van der Waals surface area contributed by atoms with E-state index in [0.29, 0.717) is 53.6 Å². The van der Waals surface area contributed by atoms with Crippen molar-refractivity contribution in [2.45, 2.75) is 81.2 Å². The second-order valence-corrected chi connectivity index (χ2v) is 13.9. The summed E-state index contributed by atoms with van der Waals surface area (Å²) >= 11 is 1.87. The molecule has 4 unspecified atom stereocenters. The van der Waals surface area contributed by atoms with Crippen molar-refractivity contribution in [1.82, 2.24) is 31.2 Å². The maximum absolute atomic E-state index is 13.8. The van der Waals surface area contributed by atoms with E-state index >= 15 is 0 Å². The Morgan fingerprint density at radius 2 is 1.65 bits per heavy atom. The highest BCUT2D eigenvalue weighted by molar-refractivity contribution is 8.00. The van der Waals surface area contributed by atoms with Crippen molar-refractivity contribution in [1.29, 1.82) is 0 Å². The average Bonchev–Trinajstić information content (AvgIpc) is 3.75. The molecule has 1 aromatic heterocycles. The number of amides is 5. The topological polar surface area (TPSA) is 166 Å². The third kappa shape index (κ3) is 8.71. The van der Waals surface area contributed by atoms with Crippen molar-refractivity contribution < 1.29 is 23.6 Å². The van der Waals surface area contributed by atoms with Crippen LogP contribution < -0.4 is 31.9 Å². The van der Waals surface area contributed by atoms with Gasteiger partial charge in [-0.1, -0.05) is 12.5 Å². The Bertz CT molecular complexity index is 1680. The summed E-state index contributed by atoms with van der Waals surface area (Å²) in [5, 5.41) is 18.9. The molecule has 4 atom stereocenters. The van der Waals surface area contributed by atoms with Gasteiger partial charge in [0.25, 0.3) is 0 Å². The van der Waals surface area contributed by atoms with Crippen molar-refractivity contribution in [3.8, 4) is 0 Å². The third-order valence-electron chi connectivity index (χ3n) is 9.02. The number of aromatic nitrogens is 2. The largest absolute Gasteiger partial charge is 0.366 e. The summed E-state index contributed by atoms with van der Waals surface area (Å²) in [4.78, 5) is 57.0. The van der Waals surface area contributed by atoms with Gasteiger partial charge in [-0.3, -0.25) is 14.4 Å². The van der Waals surface area contributed by atoms with Crippen LogP contribution in [0.15, 0.2) is 42.7 Å². The fraction of sp³-hybridized carbons (Fsp3) is 0.471. The van der Waals surface area contributed by atoms with Crippen LogP contribution in [-0.2, 0) is 27.2 Å². The number of carbonyl (C=O) groups excluding carboxylic acids is 4. The first-order valence-electron chi connectivity index (χ1n) is 16.6. The molecule has 1 aliphatic carbocycles. The number of unbranched alkanes of at least 4 members (excludes halogenated alkanes) is 1. The van der Waals surface area contributed by atoms with Gasteiger partial charge in [-0.05, 0) is 73.6 Å². The maximum atomic E-state index is 13.8. The fourth-order valence-corrected chi connectivity index (χ4v) is 8.17. The summed E-state index contributed by atoms with van der Waals surface area (Å²) in [6.45, 7) is 0.689. The number of nitrogens with zero attached hydrogens (tertiary/aromatic N) is 2. The minimum Gasteiger partial charge on any atom is -0.366 e. The molecule has 254 valence electrons. The van der Waals surface area contributed by atoms with E-state index in [2.05, 4.69) is 41.9 Å². The molecule has 14 heteroatoms. The Labute approximate surface area is 282 Å². The Kier molecular flexibility index (Phi) is 10.9. The van der Waals surface area contributed by atoms with E-state index in [0.717, 1.165) is 43.4 Å². The molecular weight excluding hydrogens is 635 g/mol. The lowest BCUT2D eigenvalue weighted by molar-refractivity contribution is -0.123. The summed E-state index contributed by atoms with van der Waals surface area (Å²) in [5.74, 6) is 0.830. The first-order chi connectivity index (χ1) is 23.3. The average molecular weight is 677 g/mol. The molecule has 0 spiro atoms. The van der Waals surface area contributed by atoms with Crippen LogP contribution in [0.1, 0.15) is 56.1 Å². The smallest absolute Gasteiger partial charge is 0.315 e. The van der Waals surface area contributed by atoms with E-state index in [1.165, 1.54) is 24.0 Å². The summed E-state index contributed by atoms with van der Waals surface area (Å²) in [5.41, 5.74) is 3.69. The number of nitrogens with one attached hydrogen (secondary N) is 6. The van der Waals surface area contributed by atoms with Gasteiger partial charge in [-0.15, -0.1) is 0 Å². The number of rotatable bonds is 15. The van der Waals surface area contributed by atoms with Crippen molar-refractivity contribution in [2.24, 2.45) is 0 Å². The number of anilines is 2. The molecule has 12 nitrogen and oxygen atoms in total. The van der Waals surface area contributed by atoms with Crippen molar-refractivity contribution in [3.63, 3.8) is 0 Å². The van der Waals surface area contributed by atoms with E-state index in [1.807, 2.05) is 30.0 Å². The third-order valence-corrected chi connectivity index (χ3v) is 10.5. The summed E-state index contributed by atoms with van der Waals surface area (Å²) in [7, 11) is 0. The van der Waals surface area contributed by atoms with Crippen LogP contribution in [0.25, 0.3) is 10.9 Å². The first kappa shape index (κ1) is 33.4. The summed E-state index contributed by atoms with van der Waals surface area (Å²) in [6, 6.07) is 10.7. The van der Waals surface area contributed by atoms with E-state index in [9.17, 15) is 23.6 Å². The van der Waals surface area contributed by atoms with Gasteiger partial charge in [-0.2, -0.15) is 11.8 Å². The van der Waals surface area contributed by atoms with Crippen LogP contribution in [0.3, 0.4) is 0 Å². The number of hydrogen-bond acceptors (Lipinski definition) is 8. The molecule has 6 rings (SSSR count). The monoisotopic (exact) mass is 676 g/mol. The molecule has 3 aliphatic rings. The molecule has 0 bridgehead atoms. The number of benzene rings is 2. The number of hydrogen-bond donors (Lipinski definition) is 6. The molecule has 2 saturated heterocycles. The highest BCUT2D eigenvalue weighted by Gasteiger charge is 2.42. The Morgan fingerprint density at radius 1 is 0.875 bits per heavy atom. The van der Waals surface area contributed by atoms with Crippen molar-refractivity contribution >= 4 is 57.9 Å². The van der Waals surface area contributed by atoms with Crippen LogP contribution in [0, 0.1) is 5.82 Å². The van der Waals surface area contributed by atoms with Gasteiger partial charge < -0.3 is 31.9 Å². The second-order valence-electron chi connectivity index (χ2n) is 12.6. The van der Waals surface area contributed by atoms with Gasteiger partial charge in [-0.25, -0.2) is 19.2 Å². The van der Waals surface area contributed by atoms with Gasteiger partial charge >= 0.3 is 6.03 Å². The van der Waals surface area contributed by atoms with Crippen molar-refractivity contribution in [2.75, 3.05) is 29.5 Å². The maximum Gasteiger partial charge on any atom is 0.315 e. The Balaban J connectivity index is 0.818. The molecule has 3 aromatic rings. The van der Waals surface area contributed by atoms with Gasteiger partial charge in [0.1, 0.15) is 18.0 Å². The predicted molar refractivity (Wildman–Crippen MR) is 183 cm³/mol. The van der Waals surface area contributed by atoms with Gasteiger partial charge in [0.2, 0.25) is 17.7 Å². The predicted octanol–water partition coefficient (Wildman–Crippen LogP) is 3.42. The van der Waals surface area contributed by atoms with Gasteiger partial charge in [0.15, 0.2) is 0 Å². The molecule has 2 fully saturated rings. The summed E-state index contributed by atoms with van der Waals surface area (Å²) in [6.07, 6.45) is 6.94. The molecule has 2 aromatic carbocycles. The molecule has 0 radical (unpaired) electrons. The molecule has 0 saturated carbocycles. The molecule has 48 heavy (non-hydrogen) atoms. The number of urea groups is 1. The summed E-state index contributed by atoms with van der Waals surface area (Å²) < 4.78 is 13.8. The van der Waals surface area contributed by atoms with E-state index in [4.69, 9.17) is 0 Å². The van der Waals surface area contributed by atoms with Crippen LogP contribution in [0.2, 0.25) is 0 Å². The zero-order valence-electron chi connectivity index (χ0n) is 26.6. The van der Waals surface area contributed by atoms with Crippen LogP contribution in [0.5, 0.6) is 0 Å². The van der Waals surface area contributed by atoms with Crippen LogP contribution in [0.4, 0.5) is 20.7 Å². The van der Waals surface area contributed by atoms with Crippen molar-refractivity contribution in [3.05, 3.63) is 59.7 Å². The van der Waals surface area contributed by atoms with Gasteiger partial charge in [0, 0.05) is 60.5 Å². The standard InChI is InChI=1S/C34H41FN8O4S/c35-22-9-11-26-25(17-22)33(39-19-38-26)41-24-14-20-8-10-23(15-21(20)16-24)40-31(46)7-3-6-30(45)37-13-12-36-29(44)5-2-1-4-28-32-27(18-48-28)42-34(47)43-32/h8-11,15,17,19,24,27-28,32H,1-7,12-14,16,18H2,(H,36,44)(H,37,45)(H,40,46)(H,38,39,41)(H2,42,43,47).